The Hall–Kier alpha value is -2.61. The molecule has 0 aliphatic rings. The predicted octanol–water partition coefficient (Wildman–Crippen LogP) is 1.75. The van der Waals surface area contributed by atoms with Crippen LogP contribution in [0.3, 0.4) is 0 Å². The van der Waals surface area contributed by atoms with Crippen molar-refractivity contribution in [3.05, 3.63) is 40.8 Å². The molecule has 28 heavy (non-hydrogen) atoms. The van der Waals surface area contributed by atoms with Gasteiger partial charge < -0.3 is 20.1 Å². The maximum atomic E-state index is 5.69. The van der Waals surface area contributed by atoms with Gasteiger partial charge in [-0.2, -0.15) is 5.10 Å². The summed E-state index contributed by atoms with van der Waals surface area (Å²) in [7, 11) is 5.39. The van der Waals surface area contributed by atoms with Crippen LogP contribution in [0.25, 0.3) is 0 Å². The van der Waals surface area contributed by atoms with Crippen LogP contribution in [-0.2, 0) is 24.8 Å². The van der Waals surface area contributed by atoms with Gasteiger partial charge in [-0.05, 0) is 38.8 Å². The molecule has 0 saturated heterocycles. The van der Waals surface area contributed by atoms with Crippen LogP contribution in [-0.4, -0.2) is 54.1 Å². The minimum atomic E-state index is 0.208. The number of methoxy groups -OCH3 is 1. The van der Waals surface area contributed by atoms with Crippen molar-refractivity contribution in [2.24, 2.45) is 12.0 Å². The monoisotopic (exact) mass is 388 g/mol. The first-order valence-electron chi connectivity index (χ1n) is 9.48. The van der Waals surface area contributed by atoms with Crippen LogP contribution in [0, 0.1) is 13.8 Å². The summed E-state index contributed by atoms with van der Waals surface area (Å²) < 4.78 is 12.6. The van der Waals surface area contributed by atoms with E-state index in [0.717, 1.165) is 23.6 Å². The molecule has 0 aromatic carbocycles. The largest absolute Gasteiger partial charge is 0.475 e. The van der Waals surface area contributed by atoms with E-state index in [9.17, 15) is 0 Å². The van der Waals surface area contributed by atoms with E-state index >= 15 is 0 Å². The van der Waals surface area contributed by atoms with Gasteiger partial charge in [-0.25, -0.2) is 4.98 Å². The molecule has 0 spiro atoms. The van der Waals surface area contributed by atoms with Crippen LogP contribution in [0.2, 0.25) is 0 Å². The molecule has 8 nitrogen and oxygen atoms in total. The molecular weight excluding hydrogens is 356 g/mol. The van der Waals surface area contributed by atoms with Crippen LogP contribution in [0.15, 0.2) is 23.3 Å². The fourth-order valence-electron chi connectivity index (χ4n) is 2.99. The standard InChI is InChI=1S/C20H32N6O2/c1-14(12-18-15(2)25-26(5)16(18)3)24-20(21-4)23-13-17-8-7-9-22-19(17)28-11-10-27-6/h7-9,14H,10-13H2,1-6H3,(H2,21,23,24). The highest BCUT2D eigenvalue weighted by Gasteiger charge is 2.14. The Balaban J connectivity index is 1.92. The summed E-state index contributed by atoms with van der Waals surface area (Å²) in [6.45, 7) is 7.85. The van der Waals surface area contributed by atoms with Gasteiger partial charge in [-0.1, -0.05) is 6.07 Å². The number of aromatic nitrogens is 3. The third-order valence-corrected chi connectivity index (χ3v) is 4.60. The van der Waals surface area contributed by atoms with E-state index in [0.29, 0.717) is 25.6 Å². The first-order chi connectivity index (χ1) is 13.5. The molecule has 0 aliphatic heterocycles. The molecule has 1 atom stereocenters. The number of hydrogen-bond acceptors (Lipinski definition) is 5. The highest BCUT2D eigenvalue weighted by molar-refractivity contribution is 5.80. The molecule has 0 radical (unpaired) electrons. The summed E-state index contributed by atoms with van der Waals surface area (Å²) >= 11 is 0. The topological polar surface area (TPSA) is 85.6 Å². The molecule has 2 N–H and O–H groups in total. The Morgan fingerprint density at radius 2 is 2.11 bits per heavy atom. The van der Waals surface area contributed by atoms with Crippen LogP contribution in [0.1, 0.15) is 29.4 Å². The van der Waals surface area contributed by atoms with Crippen molar-refractivity contribution in [3.63, 3.8) is 0 Å². The van der Waals surface area contributed by atoms with Crippen molar-refractivity contribution < 1.29 is 9.47 Å². The van der Waals surface area contributed by atoms with Gasteiger partial charge in [0, 0.05) is 51.2 Å². The van der Waals surface area contributed by atoms with Gasteiger partial charge in [0.1, 0.15) is 6.61 Å². The molecule has 2 aromatic rings. The third kappa shape index (κ3) is 5.95. The lowest BCUT2D eigenvalue weighted by molar-refractivity contribution is 0.143. The highest BCUT2D eigenvalue weighted by atomic mass is 16.5. The molecule has 0 aliphatic carbocycles. The molecule has 2 aromatic heterocycles. The van der Waals surface area contributed by atoms with Gasteiger partial charge >= 0.3 is 0 Å². The van der Waals surface area contributed by atoms with Crippen molar-refractivity contribution in [1.82, 2.24) is 25.4 Å². The number of nitrogens with zero attached hydrogens (tertiary/aromatic N) is 4. The van der Waals surface area contributed by atoms with E-state index in [2.05, 4.69) is 46.5 Å². The van der Waals surface area contributed by atoms with E-state index < -0.39 is 0 Å². The zero-order valence-corrected chi connectivity index (χ0v) is 17.7. The first kappa shape index (κ1) is 21.7. The SMILES string of the molecule is CN=C(NCc1cccnc1OCCOC)NC(C)Cc1c(C)nn(C)c1C. The molecule has 2 rings (SSSR count). The lowest BCUT2D eigenvalue weighted by atomic mass is 10.1. The fraction of sp³-hybridized carbons (Fsp3) is 0.550. The van der Waals surface area contributed by atoms with Gasteiger partial charge in [0.05, 0.1) is 12.3 Å². The number of aryl methyl sites for hydroxylation is 2. The normalized spacial score (nSPS) is 12.7. The van der Waals surface area contributed by atoms with Gasteiger partial charge in [0.25, 0.3) is 0 Å². The van der Waals surface area contributed by atoms with E-state index in [1.807, 2.05) is 23.9 Å². The lowest BCUT2D eigenvalue weighted by Crippen LogP contribution is -2.42. The van der Waals surface area contributed by atoms with E-state index in [-0.39, 0.29) is 6.04 Å². The second kappa shape index (κ2) is 10.7. The van der Waals surface area contributed by atoms with Gasteiger partial charge in [-0.3, -0.25) is 9.67 Å². The Morgan fingerprint density at radius 3 is 2.75 bits per heavy atom. The smallest absolute Gasteiger partial charge is 0.218 e. The third-order valence-electron chi connectivity index (χ3n) is 4.60. The number of aliphatic imine (C=N–C) groups is 1. The number of ether oxygens (including phenoxy) is 2. The summed E-state index contributed by atoms with van der Waals surface area (Å²) in [6.07, 6.45) is 2.60. The fourth-order valence-corrected chi connectivity index (χ4v) is 2.99. The summed E-state index contributed by atoms with van der Waals surface area (Å²) in [5.41, 5.74) is 4.51. The van der Waals surface area contributed by atoms with E-state index in [1.165, 1.54) is 11.3 Å². The number of guanidine groups is 1. The molecule has 0 amide bonds. The second-order valence-electron chi connectivity index (χ2n) is 6.76. The summed E-state index contributed by atoms with van der Waals surface area (Å²) in [5.74, 6) is 1.34. The maximum absolute atomic E-state index is 5.69. The number of nitrogens with one attached hydrogen (secondary N) is 2. The summed E-state index contributed by atoms with van der Waals surface area (Å²) in [5, 5.41) is 11.3. The second-order valence-corrected chi connectivity index (χ2v) is 6.76. The highest BCUT2D eigenvalue weighted by Crippen LogP contribution is 2.15. The Bertz CT molecular complexity index is 787. The number of rotatable bonds is 9. The Labute approximate surface area is 167 Å². The molecule has 154 valence electrons. The molecule has 1 unspecified atom stereocenters. The van der Waals surface area contributed by atoms with Crippen molar-refractivity contribution >= 4 is 5.96 Å². The van der Waals surface area contributed by atoms with Crippen molar-refractivity contribution in [1.29, 1.82) is 0 Å². The minimum absolute atomic E-state index is 0.208. The molecule has 0 fully saturated rings. The minimum Gasteiger partial charge on any atom is -0.475 e. The van der Waals surface area contributed by atoms with Gasteiger partial charge in [0.2, 0.25) is 5.88 Å². The quantitative estimate of drug-likeness (QED) is 0.387. The van der Waals surface area contributed by atoms with Crippen LogP contribution in [0.4, 0.5) is 0 Å². The Kier molecular flexibility index (Phi) is 8.25. The van der Waals surface area contributed by atoms with Gasteiger partial charge in [-0.15, -0.1) is 0 Å². The zero-order chi connectivity index (χ0) is 20.5. The summed E-state index contributed by atoms with van der Waals surface area (Å²) in [4.78, 5) is 8.64. The number of hydrogen-bond donors (Lipinski definition) is 2. The molecule has 0 bridgehead atoms. The maximum Gasteiger partial charge on any atom is 0.218 e. The van der Waals surface area contributed by atoms with E-state index in [1.54, 1.807) is 20.4 Å². The van der Waals surface area contributed by atoms with Crippen LogP contribution < -0.4 is 15.4 Å². The van der Waals surface area contributed by atoms with Crippen molar-refractivity contribution in [2.45, 2.75) is 39.8 Å². The zero-order valence-electron chi connectivity index (χ0n) is 17.7. The molecule has 0 saturated carbocycles. The van der Waals surface area contributed by atoms with Crippen molar-refractivity contribution in [2.75, 3.05) is 27.4 Å². The first-order valence-corrected chi connectivity index (χ1v) is 9.48. The average molecular weight is 389 g/mol. The lowest BCUT2D eigenvalue weighted by Gasteiger charge is -2.19. The summed E-state index contributed by atoms with van der Waals surface area (Å²) in [6, 6.07) is 4.09. The van der Waals surface area contributed by atoms with Crippen LogP contribution in [0.5, 0.6) is 5.88 Å². The predicted molar refractivity (Wildman–Crippen MR) is 111 cm³/mol. The average Bonchev–Trinajstić information content (AvgIpc) is 2.92. The van der Waals surface area contributed by atoms with Crippen molar-refractivity contribution in [3.8, 4) is 5.88 Å². The van der Waals surface area contributed by atoms with E-state index in [4.69, 9.17) is 9.47 Å². The van der Waals surface area contributed by atoms with Crippen LogP contribution >= 0.6 is 0 Å². The molecular formula is C20H32N6O2. The molecule has 8 heteroatoms. The molecule has 2 heterocycles. The Morgan fingerprint density at radius 1 is 1.32 bits per heavy atom. The number of pyridine rings is 1. The van der Waals surface area contributed by atoms with Gasteiger partial charge in [0.15, 0.2) is 5.96 Å².